The van der Waals surface area contributed by atoms with Gasteiger partial charge in [0.25, 0.3) is 0 Å². The molecule has 2 saturated heterocycles. The summed E-state index contributed by atoms with van der Waals surface area (Å²) in [6.45, 7) is 8.97. The predicted molar refractivity (Wildman–Crippen MR) is 52.8 cm³/mol. The summed E-state index contributed by atoms with van der Waals surface area (Å²) >= 11 is 0. The highest BCUT2D eigenvalue weighted by atomic mass is 16.5. The van der Waals surface area contributed by atoms with Crippen LogP contribution in [0.3, 0.4) is 0 Å². The minimum atomic E-state index is 0.715. The molecule has 2 atom stereocenters. The van der Waals surface area contributed by atoms with Gasteiger partial charge in [-0.1, -0.05) is 6.92 Å². The highest BCUT2D eigenvalue weighted by molar-refractivity contribution is 4.82. The highest BCUT2D eigenvalue weighted by Gasteiger charge is 2.28. The zero-order valence-electron chi connectivity index (χ0n) is 8.46. The molecule has 76 valence electrons. The quantitative estimate of drug-likeness (QED) is 0.635. The second kappa shape index (κ2) is 4.40. The van der Waals surface area contributed by atoms with Crippen molar-refractivity contribution in [2.75, 3.05) is 39.4 Å². The Labute approximate surface area is 80.4 Å². The van der Waals surface area contributed by atoms with Crippen LogP contribution in [0.1, 0.15) is 13.3 Å². The Bertz CT molecular complexity index is 157. The summed E-state index contributed by atoms with van der Waals surface area (Å²) in [4.78, 5) is 2.63. The van der Waals surface area contributed by atoms with E-state index in [1.807, 2.05) is 0 Å². The summed E-state index contributed by atoms with van der Waals surface area (Å²) in [5, 5.41) is 3.40. The lowest BCUT2D eigenvalue weighted by molar-refractivity contribution is -0.00937. The molecule has 0 amide bonds. The molecule has 0 saturated carbocycles. The standard InChI is InChI=1S/C10H20N2O/c1-9-8-13-7-2-10(9)12-5-3-11-4-6-12/h9-11H,2-8H2,1H3/t9-,10+/m0/s1. The third-order valence-electron chi connectivity index (χ3n) is 3.22. The van der Waals surface area contributed by atoms with Crippen molar-refractivity contribution in [1.29, 1.82) is 0 Å². The smallest absolute Gasteiger partial charge is 0.0506 e. The molecule has 3 nitrogen and oxygen atoms in total. The molecule has 3 heteroatoms. The Morgan fingerprint density at radius 1 is 1.31 bits per heavy atom. The van der Waals surface area contributed by atoms with Crippen molar-refractivity contribution in [3.05, 3.63) is 0 Å². The summed E-state index contributed by atoms with van der Waals surface area (Å²) in [5.41, 5.74) is 0. The Hall–Kier alpha value is -0.120. The molecule has 0 aromatic carbocycles. The SMILES string of the molecule is C[C@H]1COCC[C@H]1N1CCNCC1. The third-order valence-corrected chi connectivity index (χ3v) is 3.22. The van der Waals surface area contributed by atoms with Crippen LogP contribution in [-0.4, -0.2) is 50.3 Å². The van der Waals surface area contributed by atoms with E-state index in [9.17, 15) is 0 Å². The molecular weight excluding hydrogens is 164 g/mol. The maximum atomic E-state index is 5.46. The van der Waals surface area contributed by atoms with Crippen molar-refractivity contribution in [1.82, 2.24) is 10.2 Å². The van der Waals surface area contributed by atoms with E-state index in [0.29, 0.717) is 5.92 Å². The van der Waals surface area contributed by atoms with Crippen LogP contribution in [-0.2, 0) is 4.74 Å². The number of piperazine rings is 1. The summed E-state index contributed by atoms with van der Waals surface area (Å²) < 4.78 is 5.46. The average Bonchev–Trinajstić information content (AvgIpc) is 2.20. The topological polar surface area (TPSA) is 24.5 Å². The van der Waals surface area contributed by atoms with Crippen LogP contribution in [0.4, 0.5) is 0 Å². The predicted octanol–water partition coefficient (Wildman–Crippen LogP) is 0.317. The van der Waals surface area contributed by atoms with E-state index >= 15 is 0 Å². The molecule has 0 aromatic heterocycles. The lowest BCUT2D eigenvalue weighted by atomic mass is 9.95. The number of nitrogens with one attached hydrogen (secondary N) is 1. The van der Waals surface area contributed by atoms with Crippen LogP contribution in [0.2, 0.25) is 0 Å². The van der Waals surface area contributed by atoms with Crippen molar-refractivity contribution in [2.45, 2.75) is 19.4 Å². The Balaban J connectivity index is 1.88. The van der Waals surface area contributed by atoms with Gasteiger partial charge in [-0.05, 0) is 12.3 Å². The molecule has 0 spiro atoms. The highest BCUT2D eigenvalue weighted by Crippen LogP contribution is 2.20. The first kappa shape index (κ1) is 9.44. The molecule has 0 aromatic rings. The first-order valence-corrected chi connectivity index (χ1v) is 5.40. The summed E-state index contributed by atoms with van der Waals surface area (Å²) in [5.74, 6) is 0.715. The summed E-state index contributed by atoms with van der Waals surface area (Å²) in [6.07, 6.45) is 1.22. The number of nitrogens with zero attached hydrogens (tertiary/aromatic N) is 1. The third kappa shape index (κ3) is 2.22. The Kier molecular flexibility index (Phi) is 3.19. The van der Waals surface area contributed by atoms with E-state index in [-0.39, 0.29) is 0 Å². The lowest BCUT2D eigenvalue weighted by Gasteiger charge is -2.40. The van der Waals surface area contributed by atoms with E-state index in [1.165, 1.54) is 19.5 Å². The van der Waals surface area contributed by atoms with Crippen LogP contribution in [0.25, 0.3) is 0 Å². The van der Waals surface area contributed by atoms with Crippen LogP contribution >= 0.6 is 0 Å². The first-order chi connectivity index (χ1) is 6.38. The molecule has 2 heterocycles. The summed E-state index contributed by atoms with van der Waals surface area (Å²) in [7, 11) is 0. The minimum Gasteiger partial charge on any atom is -0.381 e. The van der Waals surface area contributed by atoms with E-state index in [2.05, 4.69) is 17.1 Å². The fourth-order valence-electron chi connectivity index (χ4n) is 2.43. The second-order valence-corrected chi connectivity index (χ2v) is 4.19. The van der Waals surface area contributed by atoms with Crippen LogP contribution in [0, 0.1) is 5.92 Å². The van der Waals surface area contributed by atoms with Gasteiger partial charge in [-0.25, -0.2) is 0 Å². The first-order valence-electron chi connectivity index (χ1n) is 5.40. The molecule has 0 bridgehead atoms. The van der Waals surface area contributed by atoms with Crippen molar-refractivity contribution in [3.8, 4) is 0 Å². The fraction of sp³-hybridized carbons (Fsp3) is 1.00. The van der Waals surface area contributed by atoms with E-state index in [0.717, 1.165) is 32.3 Å². The Morgan fingerprint density at radius 2 is 2.08 bits per heavy atom. The number of hydrogen-bond acceptors (Lipinski definition) is 3. The van der Waals surface area contributed by atoms with Crippen LogP contribution in [0.5, 0.6) is 0 Å². The van der Waals surface area contributed by atoms with Gasteiger partial charge in [0, 0.05) is 38.8 Å². The molecule has 2 rings (SSSR count). The van der Waals surface area contributed by atoms with Gasteiger partial charge in [-0.15, -0.1) is 0 Å². The monoisotopic (exact) mass is 184 g/mol. The van der Waals surface area contributed by atoms with Gasteiger partial charge in [0.1, 0.15) is 0 Å². The van der Waals surface area contributed by atoms with Crippen molar-refractivity contribution in [2.24, 2.45) is 5.92 Å². The largest absolute Gasteiger partial charge is 0.381 e. The van der Waals surface area contributed by atoms with Gasteiger partial charge in [0.05, 0.1) is 6.61 Å². The van der Waals surface area contributed by atoms with Crippen LogP contribution < -0.4 is 5.32 Å². The van der Waals surface area contributed by atoms with E-state index in [1.54, 1.807) is 0 Å². The van der Waals surface area contributed by atoms with Gasteiger partial charge >= 0.3 is 0 Å². The van der Waals surface area contributed by atoms with Crippen LogP contribution in [0.15, 0.2) is 0 Å². The molecule has 0 radical (unpaired) electrons. The maximum Gasteiger partial charge on any atom is 0.0506 e. The van der Waals surface area contributed by atoms with E-state index in [4.69, 9.17) is 4.74 Å². The van der Waals surface area contributed by atoms with Gasteiger partial charge < -0.3 is 10.1 Å². The maximum absolute atomic E-state index is 5.46. The van der Waals surface area contributed by atoms with Gasteiger partial charge in [0.15, 0.2) is 0 Å². The molecule has 1 N–H and O–H groups in total. The lowest BCUT2D eigenvalue weighted by Crippen LogP contribution is -2.52. The van der Waals surface area contributed by atoms with Crippen molar-refractivity contribution >= 4 is 0 Å². The molecule has 2 fully saturated rings. The van der Waals surface area contributed by atoms with Gasteiger partial charge in [0.2, 0.25) is 0 Å². The number of ether oxygens (including phenoxy) is 1. The van der Waals surface area contributed by atoms with Crippen molar-refractivity contribution < 1.29 is 4.74 Å². The fourth-order valence-corrected chi connectivity index (χ4v) is 2.43. The normalized spacial score (nSPS) is 37.6. The number of hydrogen-bond donors (Lipinski definition) is 1. The number of rotatable bonds is 1. The molecule has 2 aliphatic rings. The zero-order valence-corrected chi connectivity index (χ0v) is 8.46. The Morgan fingerprint density at radius 3 is 2.77 bits per heavy atom. The van der Waals surface area contributed by atoms with E-state index < -0.39 is 0 Å². The molecular formula is C10H20N2O. The minimum absolute atomic E-state index is 0.715. The molecule has 2 aliphatic heterocycles. The average molecular weight is 184 g/mol. The van der Waals surface area contributed by atoms with Gasteiger partial charge in [-0.3, -0.25) is 4.90 Å². The molecule has 13 heavy (non-hydrogen) atoms. The molecule has 0 aliphatic carbocycles. The van der Waals surface area contributed by atoms with Crippen molar-refractivity contribution in [3.63, 3.8) is 0 Å². The van der Waals surface area contributed by atoms with Gasteiger partial charge in [-0.2, -0.15) is 0 Å². The summed E-state index contributed by atoms with van der Waals surface area (Å²) in [6, 6.07) is 0.774. The molecule has 0 unspecified atom stereocenters. The second-order valence-electron chi connectivity index (χ2n) is 4.19. The zero-order chi connectivity index (χ0) is 9.10.